The van der Waals surface area contributed by atoms with Crippen molar-refractivity contribution in [2.45, 2.75) is 77.0 Å². The zero-order chi connectivity index (χ0) is 21.6. The normalized spacial score (nSPS) is 11.6. The smallest absolute Gasteiger partial charge is 0.344 e. The van der Waals surface area contributed by atoms with E-state index in [2.05, 4.69) is 21.5 Å². The molecule has 8 N–H and O–H groups in total. The van der Waals surface area contributed by atoms with Gasteiger partial charge in [0.25, 0.3) is 0 Å². The van der Waals surface area contributed by atoms with E-state index in [0.717, 1.165) is 32.6 Å². The van der Waals surface area contributed by atoms with Crippen LogP contribution in [0.5, 0.6) is 0 Å². The van der Waals surface area contributed by atoms with E-state index in [4.69, 9.17) is 23.6 Å². The van der Waals surface area contributed by atoms with Gasteiger partial charge >= 0.3 is 5.96 Å². The average molecular weight is 409 g/mol. The second-order valence-electron chi connectivity index (χ2n) is 7.66. The van der Waals surface area contributed by atoms with E-state index in [1.807, 2.05) is 11.6 Å². The lowest BCUT2D eigenvalue weighted by Crippen LogP contribution is -2.39. The second-order valence-corrected chi connectivity index (χ2v) is 7.66. The molecule has 29 heavy (non-hydrogen) atoms. The molecule has 0 fully saturated rings. The van der Waals surface area contributed by atoms with Gasteiger partial charge in [-0.15, -0.1) is 6.42 Å². The van der Waals surface area contributed by atoms with Crippen LogP contribution >= 0.6 is 0 Å². The molecule has 0 aliphatic heterocycles. The predicted molar refractivity (Wildman–Crippen MR) is 126 cm³/mol. The lowest BCUT2D eigenvalue weighted by atomic mass is 10.1. The molecule has 0 saturated carbocycles. The third kappa shape index (κ3) is 20.6. The van der Waals surface area contributed by atoms with E-state index in [0.29, 0.717) is 12.5 Å². The Morgan fingerprint density at radius 2 is 1.34 bits per heavy atom. The van der Waals surface area contributed by atoms with Crippen LogP contribution in [0.2, 0.25) is 0 Å². The monoisotopic (exact) mass is 408 g/mol. The quantitative estimate of drug-likeness (QED) is 0.0733. The van der Waals surface area contributed by atoms with Crippen molar-refractivity contribution in [2.75, 3.05) is 39.8 Å². The number of hydrogen-bond donors (Lipinski definition) is 5. The van der Waals surface area contributed by atoms with Crippen LogP contribution in [-0.2, 0) is 0 Å². The maximum absolute atomic E-state index is 5.90. The van der Waals surface area contributed by atoms with Crippen LogP contribution in [-0.4, -0.2) is 56.3 Å². The fraction of sp³-hybridized carbons (Fsp3) is 0.818. The lowest BCUT2D eigenvalue weighted by molar-refractivity contribution is -0.500. The van der Waals surface area contributed by atoms with Crippen LogP contribution in [0.1, 0.15) is 77.0 Å². The van der Waals surface area contributed by atoms with Crippen LogP contribution in [0.4, 0.5) is 0 Å². The molecule has 0 heterocycles. The highest BCUT2D eigenvalue weighted by atomic mass is 15.2. The van der Waals surface area contributed by atoms with Crippen molar-refractivity contribution < 1.29 is 4.58 Å². The van der Waals surface area contributed by atoms with Gasteiger partial charge in [0.05, 0.1) is 13.6 Å². The molecule has 0 radical (unpaired) electrons. The summed E-state index contributed by atoms with van der Waals surface area (Å²) in [6.45, 7) is 4.51. The van der Waals surface area contributed by atoms with Gasteiger partial charge in [0.2, 0.25) is 0 Å². The van der Waals surface area contributed by atoms with Crippen molar-refractivity contribution in [3.05, 3.63) is 0 Å². The molecule has 0 spiro atoms. The number of terminal acetylenes is 1. The summed E-state index contributed by atoms with van der Waals surface area (Å²) in [6, 6.07) is 0. The average Bonchev–Trinajstić information content (AvgIpc) is 2.70. The molecule has 0 aromatic heterocycles. The molecule has 0 aromatic carbocycles. The van der Waals surface area contributed by atoms with Crippen molar-refractivity contribution in [2.24, 2.45) is 22.2 Å². The van der Waals surface area contributed by atoms with Gasteiger partial charge in [-0.05, 0) is 38.8 Å². The first kappa shape index (κ1) is 27.1. The summed E-state index contributed by atoms with van der Waals surface area (Å²) in [5, 5.41) is 6.57. The van der Waals surface area contributed by atoms with E-state index in [9.17, 15) is 0 Å². The van der Waals surface area contributed by atoms with Gasteiger partial charge < -0.3 is 16.8 Å². The van der Waals surface area contributed by atoms with Crippen molar-refractivity contribution in [1.29, 1.82) is 0 Å². The van der Waals surface area contributed by atoms with Gasteiger partial charge in [-0.1, -0.05) is 57.3 Å². The van der Waals surface area contributed by atoms with Gasteiger partial charge in [-0.25, -0.2) is 0 Å². The molecule has 0 aliphatic rings. The molecule has 0 saturated heterocycles. The van der Waals surface area contributed by atoms with E-state index in [1.54, 1.807) is 0 Å². The van der Waals surface area contributed by atoms with Crippen LogP contribution in [0.25, 0.3) is 0 Å². The van der Waals surface area contributed by atoms with Gasteiger partial charge in [0.15, 0.2) is 5.96 Å². The molecular formula is C22H46N7+. The standard InChI is InChI=1S/C22H45N7/c1-3-16-28-22(25)29(2)20-15-11-7-6-9-13-18-26-17-12-8-4-5-10-14-19-27-21(23)24/h1,26H,4-20H2,2H3,(H6,23,24,25,27,28)/p+1. The van der Waals surface area contributed by atoms with Crippen molar-refractivity contribution >= 4 is 11.9 Å². The molecule has 0 aliphatic carbocycles. The maximum Gasteiger partial charge on any atom is 0.344 e. The Morgan fingerprint density at radius 3 is 1.90 bits per heavy atom. The van der Waals surface area contributed by atoms with Gasteiger partial charge in [0.1, 0.15) is 6.54 Å². The molecule has 7 heteroatoms. The molecule has 0 atom stereocenters. The maximum atomic E-state index is 5.90. The summed E-state index contributed by atoms with van der Waals surface area (Å²) in [4.78, 5) is 4.00. The molecular weight excluding hydrogens is 362 g/mol. The lowest BCUT2D eigenvalue weighted by Gasteiger charge is -2.06. The van der Waals surface area contributed by atoms with Crippen LogP contribution in [0.15, 0.2) is 4.99 Å². The Balaban J connectivity index is 3.24. The first-order valence-electron chi connectivity index (χ1n) is 11.3. The number of nitrogens with zero attached hydrogens (tertiary/aromatic N) is 2. The van der Waals surface area contributed by atoms with Gasteiger partial charge in [-0.3, -0.25) is 20.6 Å². The zero-order valence-electron chi connectivity index (χ0n) is 18.7. The van der Waals surface area contributed by atoms with E-state index in [1.165, 1.54) is 70.6 Å². The summed E-state index contributed by atoms with van der Waals surface area (Å²) in [7, 11) is 2.00. The third-order valence-electron chi connectivity index (χ3n) is 4.94. The minimum absolute atomic E-state index is 0.203. The van der Waals surface area contributed by atoms with Crippen molar-refractivity contribution in [3.8, 4) is 12.3 Å². The van der Waals surface area contributed by atoms with E-state index < -0.39 is 0 Å². The number of guanidine groups is 2. The molecule has 0 amide bonds. The Morgan fingerprint density at radius 1 is 0.828 bits per heavy atom. The SMILES string of the molecule is C#CCNC(N)=[N+](C)CCCCCCCCNCCCCCCCCN=C(N)N. The van der Waals surface area contributed by atoms with Crippen molar-refractivity contribution in [1.82, 2.24) is 10.6 Å². The number of rotatable bonds is 19. The highest BCUT2D eigenvalue weighted by Gasteiger charge is 2.02. The third-order valence-corrected chi connectivity index (χ3v) is 4.94. The van der Waals surface area contributed by atoms with Crippen LogP contribution in [0, 0.1) is 12.3 Å². The Bertz CT molecular complexity index is 476. The summed E-state index contributed by atoms with van der Waals surface area (Å²) < 4.78 is 2.04. The summed E-state index contributed by atoms with van der Waals surface area (Å²) in [6.07, 6.45) is 20.3. The molecule has 7 nitrogen and oxygen atoms in total. The largest absolute Gasteiger partial charge is 0.370 e. The minimum atomic E-state index is 0.203. The first-order chi connectivity index (χ1) is 14.1. The minimum Gasteiger partial charge on any atom is -0.370 e. The fourth-order valence-corrected chi connectivity index (χ4v) is 3.11. The summed E-state index contributed by atoms with van der Waals surface area (Å²) in [5.41, 5.74) is 16.5. The van der Waals surface area contributed by atoms with Gasteiger partial charge in [-0.2, -0.15) is 0 Å². The molecule has 0 bridgehead atoms. The summed E-state index contributed by atoms with van der Waals surface area (Å²) in [5.74, 6) is 3.39. The molecule has 0 unspecified atom stereocenters. The topological polar surface area (TPSA) is 117 Å². The van der Waals surface area contributed by atoms with Crippen LogP contribution in [0.3, 0.4) is 0 Å². The number of aliphatic imine (C=N–C) groups is 1. The van der Waals surface area contributed by atoms with E-state index >= 15 is 0 Å². The molecule has 168 valence electrons. The Kier molecular flexibility index (Phi) is 19.4. The van der Waals surface area contributed by atoms with E-state index in [-0.39, 0.29) is 5.96 Å². The Labute approximate surface area is 179 Å². The zero-order valence-corrected chi connectivity index (χ0v) is 18.7. The van der Waals surface area contributed by atoms with Crippen LogP contribution < -0.4 is 27.8 Å². The number of unbranched alkanes of at least 4 members (excludes halogenated alkanes) is 10. The number of nitrogens with one attached hydrogen (secondary N) is 2. The molecule has 0 aromatic rings. The first-order valence-corrected chi connectivity index (χ1v) is 11.3. The second kappa shape index (κ2) is 20.8. The number of nitrogens with two attached hydrogens (primary N) is 3. The fourth-order valence-electron chi connectivity index (χ4n) is 3.11. The number of hydrogen-bond acceptors (Lipinski definition) is 2. The summed E-state index contributed by atoms with van der Waals surface area (Å²) >= 11 is 0. The highest BCUT2D eigenvalue weighted by Crippen LogP contribution is 2.06. The Hall–Kier alpha value is -1.94. The van der Waals surface area contributed by atoms with Gasteiger partial charge in [0, 0.05) is 6.54 Å². The molecule has 0 rings (SSSR count). The predicted octanol–water partition coefficient (Wildman–Crippen LogP) is 1.71. The van der Waals surface area contributed by atoms with Crippen molar-refractivity contribution in [3.63, 3.8) is 0 Å². The highest BCUT2D eigenvalue weighted by molar-refractivity contribution is 5.75.